The van der Waals surface area contributed by atoms with Crippen LogP contribution in [0.1, 0.15) is 5.69 Å². The summed E-state index contributed by atoms with van der Waals surface area (Å²) in [6, 6.07) is 6.27. The highest BCUT2D eigenvalue weighted by molar-refractivity contribution is 5.56. The van der Waals surface area contributed by atoms with Crippen LogP contribution in [0.4, 0.5) is 14.5 Å². The van der Waals surface area contributed by atoms with Gasteiger partial charge < -0.3 is 14.8 Å². The van der Waals surface area contributed by atoms with Gasteiger partial charge in [-0.3, -0.25) is 0 Å². The highest BCUT2D eigenvalue weighted by atomic mass is 19.3. The average molecular weight is 265 g/mol. The first kappa shape index (κ1) is 11.6. The Morgan fingerprint density at radius 3 is 2.79 bits per heavy atom. The zero-order valence-corrected chi connectivity index (χ0v) is 9.64. The fourth-order valence-corrected chi connectivity index (χ4v) is 1.67. The van der Waals surface area contributed by atoms with Gasteiger partial charge in [0, 0.05) is 18.0 Å². The van der Waals surface area contributed by atoms with Gasteiger partial charge in [0.2, 0.25) is 0 Å². The zero-order chi connectivity index (χ0) is 13.3. The molecule has 7 heteroatoms. The Kier molecular flexibility index (Phi) is 2.66. The molecule has 1 aromatic heterocycles. The summed E-state index contributed by atoms with van der Waals surface area (Å²) in [7, 11) is 0. The highest BCUT2D eigenvalue weighted by Crippen LogP contribution is 2.42. The molecule has 2 heterocycles. The number of benzene rings is 1. The number of nitrogens with one attached hydrogen (secondary N) is 1. The van der Waals surface area contributed by atoms with Crippen molar-refractivity contribution in [3.05, 3.63) is 42.5 Å². The van der Waals surface area contributed by atoms with Crippen LogP contribution in [0.15, 0.2) is 36.8 Å². The van der Waals surface area contributed by atoms with E-state index in [4.69, 9.17) is 0 Å². The Bertz CT molecular complexity index is 593. The Balaban J connectivity index is 1.71. The lowest BCUT2D eigenvalue weighted by Gasteiger charge is -2.06. The van der Waals surface area contributed by atoms with E-state index in [0.29, 0.717) is 12.2 Å². The minimum absolute atomic E-state index is 0.0117. The van der Waals surface area contributed by atoms with Crippen LogP contribution < -0.4 is 14.8 Å². The van der Waals surface area contributed by atoms with Gasteiger partial charge in [-0.2, -0.15) is 0 Å². The minimum Gasteiger partial charge on any atom is -0.395 e. The molecule has 1 N–H and O–H groups in total. The molecule has 0 atom stereocenters. The van der Waals surface area contributed by atoms with E-state index >= 15 is 0 Å². The topological polar surface area (TPSA) is 56.3 Å². The molecule has 0 saturated carbocycles. The van der Waals surface area contributed by atoms with Crippen LogP contribution in [0.25, 0.3) is 0 Å². The van der Waals surface area contributed by atoms with Crippen molar-refractivity contribution in [2.75, 3.05) is 5.32 Å². The van der Waals surface area contributed by atoms with E-state index in [2.05, 4.69) is 24.8 Å². The molecule has 19 heavy (non-hydrogen) atoms. The molecule has 5 nitrogen and oxygen atoms in total. The van der Waals surface area contributed by atoms with Crippen molar-refractivity contribution in [2.24, 2.45) is 0 Å². The summed E-state index contributed by atoms with van der Waals surface area (Å²) in [5.41, 5.74) is 1.43. The predicted molar refractivity (Wildman–Crippen MR) is 62.0 cm³/mol. The smallest absolute Gasteiger partial charge is 0.395 e. The van der Waals surface area contributed by atoms with E-state index in [1.54, 1.807) is 18.3 Å². The number of hydrogen-bond acceptors (Lipinski definition) is 5. The largest absolute Gasteiger partial charge is 0.586 e. The summed E-state index contributed by atoms with van der Waals surface area (Å²) in [4.78, 5) is 7.84. The van der Waals surface area contributed by atoms with Gasteiger partial charge in [0.25, 0.3) is 0 Å². The first-order valence-electron chi connectivity index (χ1n) is 5.51. The molecule has 0 amide bonds. The lowest BCUT2D eigenvalue weighted by molar-refractivity contribution is -0.286. The molecule has 1 aliphatic rings. The minimum atomic E-state index is -3.59. The molecule has 1 aromatic carbocycles. The fourth-order valence-electron chi connectivity index (χ4n) is 1.67. The summed E-state index contributed by atoms with van der Waals surface area (Å²) in [6.07, 6.45) is -0.519. The number of hydrogen-bond donors (Lipinski definition) is 1. The van der Waals surface area contributed by atoms with Crippen molar-refractivity contribution in [3.8, 4) is 11.5 Å². The third-order valence-corrected chi connectivity index (χ3v) is 2.52. The number of anilines is 1. The van der Waals surface area contributed by atoms with Crippen LogP contribution in [0, 0.1) is 0 Å². The normalized spacial score (nSPS) is 15.3. The molecule has 0 fully saturated rings. The molecular weight excluding hydrogens is 256 g/mol. The van der Waals surface area contributed by atoms with Crippen LogP contribution in [-0.4, -0.2) is 16.3 Å². The Morgan fingerprint density at radius 2 is 2.00 bits per heavy atom. The molecular formula is C12H9F2N3O2. The number of alkyl halides is 2. The standard InChI is InChI=1S/C12H9F2N3O2/c13-12(14)18-10-2-1-8(5-11(10)19-12)16-6-9-3-4-15-7-17-9/h1-5,7,16H,6H2. The molecule has 0 unspecified atom stereocenters. The number of nitrogens with zero attached hydrogens (tertiary/aromatic N) is 2. The summed E-state index contributed by atoms with van der Waals surface area (Å²) < 4.78 is 34.3. The van der Waals surface area contributed by atoms with Crippen LogP contribution in [-0.2, 0) is 6.54 Å². The molecule has 0 radical (unpaired) electrons. The van der Waals surface area contributed by atoms with Gasteiger partial charge in [0.05, 0.1) is 12.2 Å². The Labute approximate surface area is 107 Å². The summed E-state index contributed by atoms with van der Waals surface area (Å²) in [6.45, 7) is 0.457. The van der Waals surface area contributed by atoms with Crippen molar-refractivity contribution < 1.29 is 18.3 Å². The summed E-state index contributed by atoms with van der Waals surface area (Å²) >= 11 is 0. The predicted octanol–water partition coefficient (Wildman–Crippen LogP) is 2.41. The molecule has 0 bridgehead atoms. The second-order valence-corrected chi connectivity index (χ2v) is 3.88. The van der Waals surface area contributed by atoms with Crippen molar-refractivity contribution in [1.29, 1.82) is 0 Å². The average Bonchev–Trinajstić information content (AvgIpc) is 2.70. The second-order valence-electron chi connectivity index (χ2n) is 3.88. The van der Waals surface area contributed by atoms with Gasteiger partial charge in [-0.25, -0.2) is 9.97 Å². The number of fused-ring (bicyclic) bond motifs is 1. The zero-order valence-electron chi connectivity index (χ0n) is 9.64. The van der Waals surface area contributed by atoms with Crippen LogP contribution in [0.5, 0.6) is 11.5 Å². The first-order chi connectivity index (χ1) is 9.12. The van der Waals surface area contributed by atoms with Gasteiger partial charge in [0.1, 0.15) is 6.33 Å². The molecule has 1 aliphatic heterocycles. The van der Waals surface area contributed by atoms with Crippen molar-refractivity contribution in [3.63, 3.8) is 0 Å². The lowest BCUT2D eigenvalue weighted by Crippen LogP contribution is -2.25. The van der Waals surface area contributed by atoms with E-state index in [-0.39, 0.29) is 11.5 Å². The van der Waals surface area contributed by atoms with Gasteiger partial charge in [0.15, 0.2) is 11.5 Å². The number of ether oxygens (including phenoxy) is 2. The first-order valence-corrected chi connectivity index (χ1v) is 5.51. The summed E-state index contributed by atoms with van der Waals surface area (Å²) in [5.74, 6) is 0.0373. The monoisotopic (exact) mass is 265 g/mol. The molecule has 2 aromatic rings. The molecule has 0 aliphatic carbocycles. The number of rotatable bonds is 3. The molecule has 98 valence electrons. The van der Waals surface area contributed by atoms with Crippen LogP contribution in [0.3, 0.4) is 0 Å². The van der Waals surface area contributed by atoms with Crippen molar-refractivity contribution >= 4 is 5.69 Å². The van der Waals surface area contributed by atoms with Gasteiger partial charge in [-0.1, -0.05) is 0 Å². The van der Waals surface area contributed by atoms with Crippen LogP contribution >= 0.6 is 0 Å². The van der Waals surface area contributed by atoms with E-state index in [9.17, 15) is 8.78 Å². The molecule has 0 saturated heterocycles. The molecule has 3 rings (SSSR count). The third-order valence-electron chi connectivity index (χ3n) is 2.52. The van der Waals surface area contributed by atoms with Crippen LogP contribution in [0.2, 0.25) is 0 Å². The van der Waals surface area contributed by atoms with Gasteiger partial charge in [-0.05, 0) is 18.2 Å². The quantitative estimate of drug-likeness (QED) is 0.923. The van der Waals surface area contributed by atoms with Gasteiger partial charge >= 0.3 is 6.29 Å². The summed E-state index contributed by atoms with van der Waals surface area (Å²) in [5, 5.41) is 3.05. The molecule has 0 spiro atoms. The number of aromatic nitrogens is 2. The lowest BCUT2D eigenvalue weighted by atomic mass is 10.2. The Hall–Kier alpha value is -2.44. The Morgan fingerprint density at radius 1 is 1.16 bits per heavy atom. The maximum Gasteiger partial charge on any atom is 0.586 e. The maximum absolute atomic E-state index is 12.8. The SMILES string of the molecule is FC1(F)Oc2ccc(NCc3ccncn3)cc2O1. The van der Waals surface area contributed by atoms with E-state index in [1.165, 1.54) is 18.5 Å². The van der Waals surface area contributed by atoms with Gasteiger partial charge in [-0.15, -0.1) is 8.78 Å². The number of halogens is 2. The third kappa shape index (κ3) is 2.54. The van der Waals surface area contributed by atoms with E-state index in [1.807, 2.05) is 0 Å². The van der Waals surface area contributed by atoms with E-state index in [0.717, 1.165) is 5.69 Å². The second kappa shape index (κ2) is 4.34. The highest BCUT2D eigenvalue weighted by Gasteiger charge is 2.43. The van der Waals surface area contributed by atoms with Crippen molar-refractivity contribution in [2.45, 2.75) is 12.8 Å². The van der Waals surface area contributed by atoms with E-state index < -0.39 is 6.29 Å². The van der Waals surface area contributed by atoms with Crippen molar-refractivity contribution in [1.82, 2.24) is 9.97 Å². The maximum atomic E-state index is 12.8. The fraction of sp³-hybridized carbons (Fsp3) is 0.167.